The van der Waals surface area contributed by atoms with Crippen LogP contribution in [-0.4, -0.2) is 21.2 Å². The van der Waals surface area contributed by atoms with Crippen LogP contribution in [0.15, 0.2) is 30.5 Å². The Hall–Kier alpha value is -2.10. The van der Waals surface area contributed by atoms with Crippen molar-refractivity contribution in [1.29, 1.82) is 0 Å². The van der Waals surface area contributed by atoms with Gasteiger partial charge in [0.1, 0.15) is 5.75 Å². The van der Waals surface area contributed by atoms with Gasteiger partial charge in [-0.2, -0.15) is 0 Å². The third-order valence-electron chi connectivity index (χ3n) is 2.99. The highest BCUT2D eigenvalue weighted by Crippen LogP contribution is 2.29. The molecule has 4 heteroatoms. The van der Waals surface area contributed by atoms with Gasteiger partial charge in [0.05, 0.1) is 11.6 Å². The van der Waals surface area contributed by atoms with Crippen LogP contribution in [0.25, 0.3) is 10.8 Å². The molecule has 0 radical (unpaired) electrons. The fraction of sp³-hybridized carbons (Fsp3) is 0.286. The summed E-state index contributed by atoms with van der Waals surface area (Å²) in [5.74, 6) is -1.38. The molecule has 0 saturated carbocycles. The van der Waals surface area contributed by atoms with Crippen LogP contribution in [0.5, 0.6) is 5.75 Å². The zero-order valence-electron chi connectivity index (χ0n) is 10.1. The monoisotopic (exact) mass is 245 g/mol. The highest BCUT2D eigenvalue weighted by Gasteiger charge is 2.22. The first-order chi connectivity index (χ1) is 8.63. The summed E-state index contributed by atoms with van der Waals surface area (Å²) >= 11 is 0. The maximum atomic E-state index is 11.3. The number of hydrogen-bond donors (Lipinski definition) is 2. The summed E-state index contributed by atoms with van der Waals surface area (Å²) in [5, 5.41) is 20.4. The molecule has 0 aliphatic heterocycles. The molecule has 18 heavy (non-hydrogen) atoms. The number of hydrogen-bond acceptors (Lipinski definition) is 3. The molecule has 0 spiro atoms. The number of pyridine rings is 1. The molecule has 0 fully saturated rings. The van der Waals surface area contributed by atoms with Crippen LogP contribution < -0.4 is 0 Å². The Kier molecular flexibility index (Phi) is 3.46. The molecule has 2 aromatic rings. The average Bonchev–Trinajstić information content (AvgIpc) is 2.35. The molecule has 1 unspecified atom stereocenters. The molecule has 2 N–H and O–H groups in total. The Morgan fingerprint density at radius 1 is 1.39 bits per heavy atom. The third kappa shape index (κ3) is 2.27. The summed E-state index contributed by atoms with van der Waals surface area (Å²) in [5.41, 5.74) is 0.526. The van der Waals surface area contributed by atoms with Crippen molar-refractivity contribution in [2.45, 2.75) is 25.7 Å². The number of carboxylic acid groups (broad SMARTS) is 1. The molecule has 1 aromatic heterocycles. The molecule has 1 aromatic carbocycles. The number of carboxylic acids is 1. The van der Waals surface area contributed by atoms with E-state index in [0.717, 1.165) is 11.8 Å². The molecule has 0 amide bonds. The molecule has 2 rings (SSSR count). The standard InChI is InChI=1S/C14H15NO3/c1-2-3-11(14(17)18)13-12-8-10(16)5-4-9(12)6-7-15-13/h4-8,11,16H,2-3H2,1H3,(H,17,18). The van der Waals surface area contributed by atoms with E-state index in [2.05, 4.69) is 4.98 Å². The van der Waals surface area contributed by atoms with E-state index in [1.165, 1.54) is 0 Å². The van der Waals surface area contributed by atoms with Crippen molar-refractivity contribution in [3.8, 4) is 5.75 Å². The summed E-state index contributed by atoms with van der Waals surface area (Å²) in [4.78, 5) is 15.5. The Labute approximate surface area is 105 Å². The summed E-state index contributed by atoms with van der Waals surface area (Å²) in [6.07, 6.45) is 2.92. The van der Waals surface area contributed by atoms with Crippen LogP contribution in [0.4, 0.5) is 0 Å². The minimum absolute atomic E-state index is 0.123. The van der Waals surface area contributed by atoms with Gasteiger partial charge in [-0.15, -0.1) is 0 Å². The minimum Gasteiger partial charge on any atom is -0.508 e. The smallest absolute Gasteiger partial charge is 0.312 e. The van der Waals surface area contributed by atoms with Gasteiger partial charge < -0.3 is 10.2 Å². The fourth-order valence-corrected chi connectivity index (χ4v) is 2.12. The Balaban J connectivity index is 2.61. The molecule has 94 valence electrons. The maximum Gasteiger partial charge on any atom is 0.312 e. The van der Waals surface area contributed by atoms with Crippen LogP contribution >= 0.6 is 0 Å². The Morgan fingerprint density at radius 2 is 2.17 bits per heavy atom. The normalized spacial score (nSPS) is 12.5. The van der Waals surface area contributed by atoms with Gasteiger partial charge in [-0.3, -0.25) is 9.78 Å². The molecular weight excluding hydrogens is 230 g/mol. The first-order valence-electron chi connectivity index (χ1n) is 5.94. The lowest BCUT2D eigenvalue weighted by molar-refractivity contribution is -0.139. The lowest BCUT2D eigenvalue weighted by Gasteiger charge is -2.13. The topological polar surface area (TPSA) is 70.4 Å². The molecule has 1 atom stereocenters. The predicted molar refractivity (Wildman–Crippen MR) is 68.7 cm³/mol. The van der Waals surface area contributed by atoms with Crippen LogP contribution in [0.3, 0.4) is 0 Å². The number of phenolic OH excluding ortho intramolecular Hbond substituents is 1. The van der Waals surface area contributed by atoms with Crippen molar-refractivity contribution in [1.82, 2.24) is 4.98 Å². The number of rotatable bonds is 4. The van der Waals surface area contributed by atoms with E-state index in [-0.39, 0.29) is 5.75 Å². The summed E-state index contributed by atoms with van der Waals surface area (Å²) in [6.45, 7) is 1.94. The van der Waals surface area contributed by atoms with Crippen molar-refractivity contribution in [3.05, 3.63) is 36.2 Å². The van der Waals surface area contributed by atoms with E-state index < -0.39 is 11.9 Å². The number of aromatic hydroxyl groups is 1. The number of aromatic nitrogens is 1. The predicted octanol–water partition coefficient (Wildman–Crippen LogP) is 2.91. The highest BCUT2D eigenvalue weighted by atomic mass is 16.4. The van der Waals surface area contributed by atoms with Crippen LogP contribution in [0.1, 0.15) is 31.4 Å². The molecule has 0 aliphatic carbocycles. The second-order valence-electron chi connectivity index (χ2n) is 4.28. The molecule has 0 bridgehead atoms. The van der Waals surface area contributed by atoms with Crippen molar-refractivity contribution in [3.63, 3.8) is 0 Å². The Morgan fingerprint density at radius 3 is 2.83 bits per heavy atom. The zero-order chi connectivity index (χ0) is 13.1. The van der Waals surface area contributed by atoms with Gasteiger partial charge in [-0.1, -0.05) is 19.4 Å². The number of benzene rings is 1. The largest absolute Gasteiger partial charge is 0.508 e. The maximum absolute atomic E-state index is 11.3. The van der Waals surface area contributed by atoms with Crippen molar-refractivity contribution < 1.29 is 15.0 Å². The third-order valence-corrected chi connectivity index (χ3v) is 2.99. The first-order valence-corrected chi connectivity index (χ1v) is 5.94. The van der Waals surface area contributed by atoms with Crippen molar-refractivity contribution in [2.75, 3.05) is 0 Å². The van der Waals surface area contributed by atoms with E-state index in [1.807, 2.05) is 13.0 Å². The first kappa shape index (κ1) is 12.4. The highest BCUT2D eigenvalue weighted by molar-refractivity contribution is 5.90. The lowest BCUT2D eigenvalue weighted by atomic mass is 9.95. The second-order valence-corrected chi connectivity index (χ2v) is 4.28. The van der Waals surface area contributed by atoms with E-state index in [1.54, 1.807) is 24.4 Å². The van der Waals surface area contributed by atoms with Crippen LogP contribution in [0.2, 0.25) is 0 Å². The summed E-state index contributed by atoms with van der Waals surface area (Å²) < 4.78 is 0. The van der Waals surface area contributed by atoms with Crippen LogP contribution in [-0.2, 0) is 4.79 Å². The van der Waals surface area contributed by atoms with Crippen molar-refractivity contribution in [2.24, 2.45) is 0 Å². The van der Waals surface area contributed by atoms with E-state index >= 15 is 0 Å². The number of aliphatic carboxylic acids is 1. The lowest BCUT2D eigenvalue weighted by Crippen LogP contribution is -2.13. The fourth-order valence-electron chi connectivity index (χ4n) is 2.12. The van der Waals surface area contributed by atoms with Gasteiger partial charge in [-0.25, -0.2) is 0 Å². The quantitative estimate of drug-likeness (QED) is 0.868. The second kappa shape index (κ2) is 5.04. The number of nitrogens with zero attached hydrogens (tertiary/aromatic N) is 1. The van der Waals surface area contributed by atoms with Gasteiger partial charge in [0.25, 0.3) is 0 Å². The number of phenols is 1. The molecule has 0 aliphatic rings. The van der Waals surface area contributed by atoms with Crippen LogP contribution in [0, 0.1) is 0 Å². The molecule has 1 heterocycles. The van der Waals surface area contributed by atoms with Gasteiger partial charge in [0.15, 0.2) is 0 Å². The zero-order valence-corrected chi connectivity index (χ0v) is 10.1. The van der Waals surface area contributed by atoms with E-state index in [0.29, 0.717) is 17.5 Å². The van der Waals surface area contributed by atoms with E-state index in [9.17, 15) is 15.0 Å². The average molecular weight is 245 g/mol. The van der Waals surface area contributed by atoms with Gasteiger partial charge in [0, 0.05) is 11.6 Å². The van der Waals surface area contributed by atoms with Gasteiger partial charge in [-0.05, 0) is 30.0 Å². The van der Waals surface area contributed by atoms with E-state index in [4.69, 9.17) is 0 Å². The number of fused-ring (bicyclic) bond motifs is 1. The van der Waals surface area contributed by atoms with Gasteiger partial charge >= 0.3 is 5.97 Å². The minimum atomic E-state index is -0.875. The molecule has 4 nitrogen and oxygen atoms in total. The molecule has 0 saturated heterocycles. The Bertz CT molecular complexity index is 580. The molecular formula is C14H15NO3. The summed E-state index contributed by atoms with van der Waals surface area (Å²) in [7, 11) is 0. The number of carbonyl (C=O) groups is 1. The summed E-state index contributed by atoms with van der Waals surface area (Å²) in [6, 6.07) is 6.73. The van der Waals surface area contributed by atoms with Crippen molar-refractivity contribution >= 4 is 16.7 Å². The van der Waals surface area contributed by atoms with Gasteiger partial charge in [0.2, 0.25) is 0 Å². The SMILES string of the molecule is CCCC(C(=O)O)c1nccc2ccc(O)cc12.